The average molecular weight is 366 g/mol. The number of hydrogen-bond donors (Lipinski definition) is 2. The van der Waals surface area contributed by atoms with E-state index in [-0.39, 0.29) is 20.6 Å². The van der Waals surface area contributed by atoms with E-state index in [4.69, 9.17) is 40.5 Å². The molecular formula is C13H11Cl3N2O2S. The fourth-order valence-electron chi connectivity index (χ4n) is 1.70. The predicted octanol–water partition coefficient (Wildman–Crippen LogP) is 4.34. The molecule has 112 valence electrons. The fourth-order valence-corrected chi connectivity index (χ4v) is 4.16. The first-order valence-corrected chi connectivity index (χ1v) is 8.36. The molecule has 0 fully saturated rings. The van der Waals surface area contributed by atoms with Crippen molar-refractivity contribution in [2.45, 2.75) is 11.8 Å². The van der Waals surface area contributed by atoms with Gasteiger partial charge in [0.05, 0.1) is 15.7 Å². The minimum atomic E-state index is -3.95. The molecule has 0 aliphatic heterocycles. The molecule has 2 aromatic carbocycles. The zero-order valence-corrected chi connectivity index (χ0v) is 13.9. The summed E-state index contributed by atoms with van der Waals surface area (Å²) >= 11 is 17.8. The molecule has 2 aromatic rings. The summed E-state index contributed by atoms with van der Waals surface area (Å²) in [4.78, 5) is -0.225. The maximum Gasteiger partial charge on any atom is 0.264 e. The molecule has 0 aliphatic carbocycles. The second kappa shape index (κ2) is 5.93. The molecule has 0 bridgehead atoms. The molecule has 0 saturated carbocycles. The number of benzene rings is 2. The molecule has 3 N–H and O–H groups in total. The maximum absolute atomic E-state index is 12.4. The lowest BCUT2D eigenvalue weighted by molar-refractivity contribution is 0.601. The van der Waals surface area contributed by atoms with E-state index in [1.807, 2.05) is 6.92 Å². The summed E-state index contributed by atoms with van der Waals surface area (Å²) in [7, 11) is -3.95. The number of hydrogen-bond acceptors (Lipinski definition) is 3. The molecule has 0 radical (unpaired) electrons. The number of sulfonamides is 1. The SMILES string of the molecule is Cc1ccc(NS(=O)(=O)c2c(Cl)cc(N)cc2Cl)cc1Cl. The third-order valence-corrected chi connectivity index (χ3v) is 5.42. The lowest BCUT2D eigenvalue weighted by Crippen LogP contribution is -2.14. The number of rotatable bonds is 3. The molecule has 0 unspecified atom stereocenters. The van der Waals surface area contributed by atoms with Crippen molar-refractivity contribution in [2.75, 3.05) is 10.5 Å². The van der Waals surface area contributed by atoms with Gasteiger partial charge in [-0.05, 0) is 36.8 Å². The Kier molecular flexibility index (Phi) is 4.58. The van der Waals surface area contributed by atoms with Crippen LogP contribution in [0.2, 0.25) is 15.1 Å². The molecule has 0 spiro atoms. The standard InChI is InChI=1S/C13H11Cl3N2O2S/c1-7-2-3-9(6-10(7)14)18-21(19,20)13-11(15)4-8(17)5-12(13)16/h2-6,18H,17H2,1H3. The van der Waals surface area contributed by atoms with Crippen LogP contribution in [0.3, 0.4) is 0 Å². The molecule has 0 aromatic heterocycles. The van der Waals surface area contributed by atoms with E-state index in [9.17, 15) is 8.42 Å². The third kappa shape index (κ3) is 3.55. The van der Waals surface area contributed by atoms with Crippen molar-refractivity contribution >= 4 is 56.2 Å². The fraction of sp³-hybridized carbons (Fsp3) is 0.0769. The Bertz CT molecular complexity index is 784. The number of nitrogens with one attached hydrogen (secondary N) is 1. The van der Waals surface area contributed by atoms with E-state index in [0.29, 0.717) is 10.7 Å². The van der Waals surface area contributed by atoms with Gasteiger partial charge in [-0.25, -0.2) is 8.42 Å². The summed E-state index contributed by atoms with van der Waals surface area (Å²) in [5, 5.41) is 0.348. The minimum absolute atomic E-state index is 0.0503. The van der Waals surface area contributed by atoms with Crippen molar-refractivity contribution in [2.24, 2.45) is 0 Å². The molecule has 2 rings (SSSR count). The summed E-state index contributed by atoms with van der Waals surface area (Å²) in [5.41, 5.74) is 6.99. The van der Waals surface area contributed by atoms with Crippen molar-refractivity contribution in [3.63, 3.8) is 0 Å². The molecular weight excluding hydrogens is 355 g/mol. The van der Waals surface area contributed by atoms with Gasteiger partial charge in [0.25, 0.3) is 10.0 Å². The van der Waals surface area contributed by atoms with Crippen molar-refractivity contribution in [3.05, 3.63) is 51.0 Å². The Morgan fingerprint density at radius 3 is 2.10 bits per heavy atom. The van der Waals surface area contributed by atoms with Gasteiger partial charge in [-0.1, -0.05) is 40.9 Å². The lowest BCUT2D eigenvalue weighted by atomic mass is 10.2. The molecule has 0 saturated heterocycles. The van der Waals surface area contributed by atoms with Crippen LogP contribution in [0.15, 0.2) is 35.2 Å². The van der Waals surface area contributed by atoms with E-state index in [1.54, 1.807) is 12.1 Å². The second-order valence-electron chi connectivity index (χ2n) is 4.38. The Labute approximate surface area is 137 Å². The number of anilines is 2. The summed E-state index contributed by atoms with van der Waals surface area (Å²) in [6.45, 7) is 1.81. The van der Waals surface area contributed by atoms with Gasteiger partial charge >= 0.3 is 0 Å². The maximum atomic E-state index is 12.4. The highest BCUT2D eigenvalue weighted by Crippen LogP contribution is 2.33. The van der Waals surface area contributed by atoms with Crippen LogP contribution >= 0.6 is 34.8 Å². The Morgan fingerprint density at radius 2 is 1.57 bits per heavy atom. The predicted molar refractivity (Wildman–Crippen MR) is 87.9 cm³/mol. The highest BCUT2D eigenvalue weighted by Gasteiger charge is 2.22. The zero-order valence-electron chi connectivity index (χ0n) is 10.8. The highest BCUT2D eigenvalue weighted by molar-refractivity contribution is 7.93. The Morgan fingerprint density at radius 1 is 1.00 bits per heavy atom. The van der Waals surface area contributed by atoms with Crippen LogP contribution in [-0.2, 0) is 10.0 Å². The number of nitrogen functional groups attached to an aromatic ring is 1. The first-order chi connectivity index (χ1) is 9.70. The van der Waals surface area contributed by atoms with Crippen LogP contribution in [0.4, 0.5) is 11.4 Å². The van der Waals surface area contributed by atoms with Crippen LogP contribution in [0.5, 0.6) is 0 Å². The highest BCUT2D eigenvalue weighted by atomic mass is 35.5. The minimum Gasteiger partial charge on any atom is -0.399 e. The molecule has 21 heavy (non-hydrogen) atoms. The van der Waals surface area contributed by atoms with Crippen molar-refractivity contribution in [1.29, 1.82) is 0 Å². The summed E-state index contributed by atoms with van der Waals surface area (Å²) in [6, 6.07) is 7.45. The lowest BCUT2D eigenvalue weighted by Gasteiger charge is -2.12. The van der Waals surface area contributed by atoms with E-state index < -0.39 is 10.0 Å². The third-order valence-electron chi connectivity index (χ3n) is 2.71. The van der Waals surface area contributed by atoms with Crippen molar-refractivity contribution in [1.82, 2.24) is 0 Å². The van der Waals surface area contributed by atoms with Crippen LogP contribution in [-0.4, -0.2) is 8.42 Å². The monoisotopic (exact) mass is 364 g/mol. The molecule has 4 nitrogen and oxygen atoms in total. The number of aryl methyl sites for hydroxylation is 1. The van der Waals surface area contributed by atoms with Crippen LogP contribution in [0.25, 0.3) is 0 Å². The topological polar surface area (TPSA) is 72.2 Å². The van der Waals surface area contributed by atoms with Gasteiger partial charge < -0.3 is 5.73 Å². The van der Waals surface area contributed by atoms with Gasteiger partial charge in [0, 0.05) is 10.7 Å². The average Bonchev–Trinajstić information content (AvgIpc) is 2.31. The second-order valence-corrected chi connectivity index (χ2v) is 7.22. The van der Waals surface area contributed by atoms with Gasteiger partial charge in [-0.3, -0.25) is 4.72 Å². The molecule has 0 heterocycles. The smallest absolute Gasteiger partial charge is 0.264 e. The van der Waals surface area contributed by atoms with Gasteiger partial charge in [0.2, 0.25) is 0 Å². The van der Waals surface area contributed by atoms with Crippen molar-refractivity contribution in [3.8, 4) is 0 Å². The molecule has 0 atom stereocenters. The number of halogens is 3. The normalized spacial score (nSPS) is 11.4. The Balaban J connectivity index is 2.46. The first kappa shape index (κ1) is 16.2. The first-order valence-electron chi connectivity index (χ1n) is 5.74. The largest absolute Gasteiger partial charge is 0.399 e. The van der Waals surface area contributed by atoms with Gasteiger partial charge in [0.15, 0.2) is 0 Å². The van der Waals surface area contributed by atoms with Gasteiger partial charge in [-0.15, -0.1) is 0 Å². The summed E-state index contributed by atoms with van der Waals surface area (Å²) in [5.74, 6) is 0. The molecule has 0 aliphatic rings. The molecule has 0 amide bonds. The van der Waals surface area contributed by atoms with Gasteiger partial charge in [0.1, 0.15) is 4.90 Å². The quantitative estimate of drug-likeness (QED) is 0.795. The van der Waals surface area contributed by atoms with E-state index in [1.165, 1.54) is 18.2 Å². The molecule has 8 heteroatoms. The van der Waals surface area contributed by atoms with E-state index in [2.05, 4.69) is 4.72 Å². The zero-order chi connectivity index (χ0) is 15.8. The van der Waals surface area contributed by atoms with Crippen LogP contribution in [0.1, 0.15) is 5.56 Å². The summed E-state index contributed by atoms with van der Waals surface area (Å²) < 4.78 is 27.2. The van der Waals surface area contributed by atoms with Crippen LogP contribution < -0.4 is 10.5 Å². The van der Waals surface area contributed by atoms with E-state index >= 15 is 0 Å². The Hall–Kier alpha value is -1.14. The van der Waals surface area contributed by atoms with Crippen molar-refractivity contribution < 1.29 is 8.42 Å². The van der Waals surface area contributed by atoms with Gasteiger partial charge in [-0.2, -0.15) is 0 Å². The summed E-state index contributed by atoms with van der Waals surface area (Å²) in [6.07, 6.45) is 0. The van der Waals surface area contributed by atoms with Crippen LogP contribution in [0, 0.1) is 6.92 Å². The number of nitrogens with two attached hydrogens (primary N) is 1. The van der Waals surface area contributed by atoms with E-state index in [0.717, 1.165) is 5.56 Å².